The molecular weight excluding hydrogens is 514 g/mol. The van der Waals surface area contributed by atoms with E-state index in [9.17, 15) is 23.1 Å². The van der Waals surface area contributed by atoms with E-state index in [0.29, 0.717) is 22.1 Å². The summed E-state index contributed by atoms with van der Waals surface area (Å²) in [7, 11) is -0.963. The zero-order valence-corrected chi connectivity index (χ0v) is 21.3. The van der Waals surface area contributed by atoms with Crippen LogP contribution < -0.4 is 19.8 Å². The monoisotopic (exact) mass is 539 g/mol. The van der Waals surface area contributed by atoms with Crippen LogP contribution in [0.5, 0.6) is 5.75 Å². The standard InChI is InChI=1S/C23H26ClN3O8S/c1-13-17-9-19(24)21(35-23(31)27(2)3)10-20(17)34-22(30)18(13)8-14-5-4-6-15(7-14)26-36(32,33)25-11-16(29)12-28/h4-7,9-10,16,25-26,28-29H,8,11-12H2,1-3H3. The molecule has 0 saturated heterocycles. The molecule has 0 fully saturated rings. The summed E-state index contributed by atoms with van der Waals surface area (Å²) < 4.78 is 39.5. The maximum Gasteiger partial charge on any atom is 0.414 e. The molecule has 0 spiro atoms. The Morgan fingerprint density at radius 2 is 1.97 bits per heavy atom. The van der Waals surface area contributed by atoms with Gasteiger partial charge in [0.05, 0.1) is 23.4 Å². The molecule has 3 rings (SSSR count). The number of rotatable bonds is 9. The molecule has 3 aromatic rings. The van der Waals surface area contributed by atoms with Crippen LogP contribution in [0.25, 0.3) is 11.0 Å². The van der Waals surface area contributed by atoms with Crippen LogP contribution in [0.15, 0.2) is 45.6 Å². The van der Waals surface area contributed by atoms with Gasteiger partial charge in [-0.15, -0.1) is 0 Å². The topological polar surface area (TPSA) is 158 Å². The van der Waals surface area contributed by atoms with Crippen molar-refractivity contribution in [2.24, 2.45) is 0 Å². The zero-order chi connectivity index (χ0) is 26.6. The first-order valence-corrected chi connectivity index (χ1v) is 12.6. The Hall–Kier alpha value is -3.16. The van der Waals surface area contributed by atoms with Gasteiger partial charge in [-0.05, 0) is 36.2 Å². The van der Waals surface area contributed by atoms with Crippen molar-refractivity contribution < 1.29 is 32.6 Å². The van der Waals surface area contributed by atoms with Gasteiger partial charge < -0.3 is 24.3 Å². The molecule has 0 aliphatic heterocycles. The van der Waals surface area contributed by atoms with E-state index >= 15 is 0 Å². The van der Waals surface area contributed by atoms with Crippen molar-refractivity contribution >= 4 is 44.6 Å². The van der Waals surface area contributed by atoms with Crippen LogP contribution in [-0.2, 0) is 16.6 Å². The quantitative estimate of drug-likeness (QED) is 0.300. The van der Waals surface area contributed by atoms with Gasteiger partial charge in [-0.25, -0.2) is 9.59 Å². The minimum Gasteiger partial charge on any atom is -0.422 e. The summed E-state index contributed by atoms with van der Waals surface area (Å²) in [4.78, 5) is 25.9. The normalized spacial score (nSPS) is 12.4. The van der Waals surface area contributed by atoms with E-state index in [1.807, 2.05) is 0 Å². The van der Waals surface area contributed by atoms with Gasteiger partial charge in [0, 0.05) is 44.1 Å². The molecule has 0 bridgehead atoms. The molecule has 4 N–H and O–H groups in total. The maximum absolute atomic E-state index is 12.8. The number of hydrogen-bond acceptors (Lipinski definition) is 8. The van der Waals surface area contributed by atoms with E-state index in [-0.39, 0.29) is 35.0 Å². The number of amides is 1. The molecule has 0 aliphatic rings. The Morgan fingerprint density at radius 1 is 1.25 bits per heavy atom. The number of nitrogens with zero attached hydrogens (tertiary/aromatic N) is 1. The molecule has 1 heterocycles. The Kier molecular flexibility index (Phi) is 8.59. The van der Waals surface area contributed by atoms with Crippen LogP contribution in [0.4, 0.5) is 10.5 Å². The number of aliphatic hydroxyl groups excluding tert-OH is 2. The number of carbonyl (C=O) groups excluding carboxylic acids is 1. The SMILES string of the molecule is Cc1c(Cc2cccc(NS(=O)(=O)NCC(O)CO)c2)c(=O)oc2cc(OC(=O)N(C)C)c(Cl)cc12. The van der Waals surface area contributed by atoms with Crippen molar-refractivity contribution in [1.29, 1.82) is 0 Å². The third kappa shape index (κ3) is 6.74. The first-order chi connectivity index (χ1) is 16.9. The van der Waals surface area contributed by atoms with Gasteiger partial charge in [0.25, 0.3) is 10.2 Å². The lowest BCUT2D eigenvalue weighted by atomic mass is 9.99. The Bertz CT molecular complexity index is 1440. The lowest BCUT2D eigenvalue weighted by Gasteiger charge is -2.14. The van der Waals surface area contributed by atoms with Gasteiger partial charge in [-0.1, -0.05) is 23.7 Å². The molecule has 1 aromatic heterocycles. The highest BCUT2D eigenvalue weighted by Gasteiger charge is 2.18. The molecule has 1 amide bonds. The molecular formula is C23H26ClN3O8S. The number of benzene rings is 2. The molecule has 36 heavy (non-hydrogen) atoms. The first-order valence-electron chi connectivity index (χ1n) is 10.7. The minimum atomic E-state index is -4.00. The highest BCUT2D eigenvalue weighted by molar-refractivity contribution is 7.90. The Morgan fingerprint density at radius 3 is 2.64 bits per heavy atom. The van der Waals surface area contributed by atoms with Gasteiger partial charge >= 0.3 is 11.7 Å². The fourth-order valence-electron chi connectivity index (χ4n) is 3.27. The number of carbonyl (C=O) groups is 1. The molecule has 1 atom stereocenters. The van der Waals surface area contributed by atoms with Crippen LogP contribution in [0.3, 0.4) is 0 Å². The lowest BCUT2D eigenvalue weighted by molar-refractivity contribution is 0.0988. The molecule has 2 aromatic carbocycles. The van der Waals surface area contributed by atoms with Crippen molar-refractivity contribution in [3.8, 4) is 5.75 Å². The second-order valence-electron chi connectivity index (χ2n) is 8.20. The van der Waals surface area contributed by atoms with E-state index < -0.39 is 34.6 Å². The predicted molar refractivity (Wildman–Crippen MR) is 135 cm³/mol. The highest BCUT2D eigenvalue weighted by Crippen LogP contribution is 2.32. The van der Waals surface area contributed by atoms with E-state index in [2.05, 4.69) is 9.44 Å². The van der Waals surface area contributed by atoms with E-state index in [1.165, 1.54) is 31.1 Å². The number of aliphatic hydroxyl groups is 2. The van der Waals surface area contributed by atoms with Crippen LogP contribution in [0, 0.1) is 6.92 Å². The molecule has 194 valence electrons. The molecule has 1 unspecified atom stereocenters. The van der Waals surface area contributed by atoms with Gasteiger partial charge in [0.15, 0.2) is 5.75 Å². The van der Waals surface area contributed by atoms with Gasteiger partial charge in [-0.3, -0.25) is 4.72 Å². The van der Waals surface area contributed by atoms with E-state index in [0.717, 1.165) is 0 Å². The van der Waals surface area contributed by atoms with Crippen molar-refractivity contribution in [1.82, 2.24) is 9.62 Å². The molecule has 11 nitrogen and oxygen atoms in total. The molecule has 0 aliphatic carbocycles. The van der Waals surface area contributed by atoms with Crippen LogP contribution in [-0.4, -0.2) is 63.0 Å². The van der Waals surface area contributed by atoms with E-state index in [4.69, 9.17) is 25.9 Å². The molecule has 0 radical (unpaired) electrons. The molecule has 13 heteroatoms. The summed E-state index contributed by atoms with van der Waals surface area (Å²) in [6.45, 7) is 0.792. The average molecular weight is 540 g/mol. The molecule has 0 saturated carbocycles. The lowest BCUT2D eigenvalue weighted by Crippen LogP contribution is -2.37. The summed E-state index contributed by atoms with van der Waals surface area (Å²) in [6.07, 6.45) is -1.72. The van der Waals surface area contributed by atoms with Gasteiger partial charge in [-0.2, -0.15) is 13.1 Å². The van der Waals surface area contributed by atoms with Crippen LogP contribution >= 0.6 is 11.6 Å². The third-order valence-electron chi connectivity index (χ3n) is 5.18. The Labute approximate surface area is 212 Å². The van der Waals surface area contributed by atoms with Crippen molar-refractivity contribution in [2.75, 3.05) is 32.0 Å². The number of halogens is 1. The maximum atomic E-state index is 12.8. The van der Waals surface area contributed by atoms with Crippen molar-refractivity contribution in [3.05, 3.63) is 68.5 Å². The number of nitrogens with one attached hydrogen (secondary N) is 2. The van der Waals surface area contributed by atoms with Crippen LogP contribution in [0.1, 0.15) is 16.7 Å². The minimum absolute atomic E-state index is 0.0540. The summed E-state index contributed by atoms with van der Waals surface area (Å²) in [5, 5.41) is 18.9. The average Bonchev–Trinajstić information content (AvgIpc) is 2.81. The summed E-state index contributed by atoms with van der Waals surface area (Å²) in [5.41, 5.74) is 1.42. The fraction of sp³-hybridized carbons (Fsp3) is 0.304. The predicted octanol–water partition coefficient (Wildman–Crippen LogP) is 2.01. The number of ether oxygens (including phenoxy) is 1. The number of hydrogen-bond donors (Lipinski definition) is 4. The van der Waals surface area contributed by atoms with E-state index in [1.54, 1.807) is 31.2 Å². The number of anilines is 1. The fourth-order valence-corrected chi connectivity index (χ4v) is 4.39. The van der Waals surface area contributed by atoms with Gasteiger partial charge in [0.1, 0.15) is 5.58 Å². The number of fused-ring (bicyclic) bond motifs is 1. The van der Waals surface area contributed by atoms with Crippen LogP contribution in [0.2, 0.25) is 5.02 Å². The van der Waals surface area contributed by atoms with Gasteiger partial charge in [0.2, 0.25) is 0 Å². The highest BCUT2D eigenvalue weighted by atomic mass is 35.5. The number of aryl methyl sites for hydroxylation is 1. The largest absolute Gasteiger partial charge is 0.422 e. The zero-order valence-electron chi connectivity index (χ0n) is 19.7. The summed E-state index contributed by atoms with van der Waals surface area (Å²) >= 11 is 6.30. The second kappa shape index (κ2) is 11.3. The summed E-state index contributed by atoms with van der Waals surface area (Å²) in [5.74, 6) is 0.0540. The first kappa shape index (κ1) is 27.4. The summed E-state index contributed by atoms with van der Waals surface area (Å²) in [6, 6.07) is 9.36. The van der Waals surface area contributed by atoms with Crippen molar-refractivity contribution in [2.45, 2.75) is 19.4 Å². The Balaban J connectivity index is 1.87. The second-order valence-corrected chi connectivity index (χ2v) is 10.1. The smallest absolute Gasteiger partial charge is 0.414 e. The third-order valence-corrected chi connectivity index (χ3v) is 6.53. The van der Waals surface area contributed by atoms with Crippen molar-refractivity contribution in [3.63, 3.8) is 0 Å².